The number of ether oxygens (including phenoxy) is 1. The molecule has 0 bridgehead atoms. The van der Waals surface area contributed by atoms with E-state index < -0.39 is 30.1 Å². The maximum atomic E-state index is 14.1. The van der Waals surface area contributed by atoms with E-state index in [1.807, 2.05) is 0 Å². The zero-order valence-electron chi connectivity index (χ0n) is 18.2. The first-order chi connectivity index (χ1) is 16.2. The Balaban J connectivity index is 1.50. The lowest BCUT2D eigenvalue weighted by Gasteiger charge is -2.13. The van der Waals surface area contributed by atoms with Crippen molar-refractivity contribution in [2.45, 2.75) is 25.7 Å². The highest BCUT2D eigenvalue weighted by atomic mass is 35.5. The topological polar surface area (TPSA) is 92.7 Å². The molecule has 1 aliphatic carbocycles. The predicted molar refractivity (Wildman–Crippen MR) is 126 cm³/mol. The van der Waals surface area contributed by atoms with Crippen LogP contribution in [0.4, 0.5) is 10.1 Å². The quantitative estimate of drug-likeness (QED) is 0.408. The van der Waals surface area contributed by atoms with Gasteiger partial charge in [0.15, 0.2) is 12.4 Å². The van der Waals surface area contributed by atoms with E-state index in [9.17, 15) is 18.8 Å². The zero-order valence-corrected chi connectivity index (χ0v) is 19.0. The Morgan fingerprint density at radius 3 is 2.50 bits per heavy atom. The molecule has 0 saturated heterocycles. The number of aryl methyl sites for hydroxylation is 1. The van der Waals surface area contributed by atoms with Crippen molar-refractivity contribution in [2.24, 2.45) is 0 Å². The third-order valence-corrected chi connectivity index (χ3v) is 5.76. The van der Waals surface area contributed by atoms with Gasteiger partial charge in [-0.1, -0.05) is 11.6 Å². The van der Waals surface area contributed by atoms with E-state index in [2.05, 4.69) is 5.32 Å². The first kappa shape index (κ1) is 23.4. The van der Waals surface area contributed by atoms with Gasteiger partial charge in [0.05, 0.1) is 11.1 Å². The highest BCUT2D eigenvalue weighted by Crippen LogP contribution is 2.41. The third-order valence-electron chi connectivity index (χ3n) is 5.52. The smallest absolute Gasteiger partial charge is 0.335 e. The number of carbonyl (C=O) groups is 3. The summed E-state index contributed by atoms with van der Waals surface area (Å²) < 4.78 is 19.8. The predicted octanol–water partition coefficient (Wildman–Crippen LogP) is 5.61. The first-order valence-electron chi connectivity index (χ1n) is 10.6. The molecule has 6 nitrogen and oxygen atoms in total. The van der Waals surface area contributed by atoms with Crippen LogP contribution < -0.4 is 10.1 Å². The molecule has 1 saturated carbocycles. The summed E-state index contributed by atoms with van der Waals surface area (Å²) in [6.07, 6.45) is 1.94. The average Bonchev–Trinajstić information content (AvgIpc) is 3.64. The molecule has 8 heteroatoms. The number of halogens is 2. The van der Waals surface area contributed by atoms with Crippen LogP contribution in [0.1, 0.15) is 56.2 Å². The molecule has 2 N–H and O–H groups in total. The number of ketones is 1. The number of carboxylic acids is 1. The van der Waals surface area contributed by atoms with Crippen molar-refractivity contribution in [1.82, 2.24) is 0 Å². The van der Waals surface area contributed by atoms with Crippen molar-refractivity contribution in [3.05, 3.63) is 93.3 Å². The molecule has 0 spiro atoms. The minimum absolute atomic E-state index is 0.109. The Bertz CT molecular complexity index is 1300. The number of carbonyl (C=O) groups excluding carboxylic acids is 2. The average molecular weight is 482 g/mol. The highest BCUT2D eigenvalue weighted by Gasteiger charge is 2.26. The molecule has 1 amide bonds. The summed E-state index contributed by atoms with van der Waals surface area (Å²) in [5.74, 6) is -2.10. The van der Waals surface area contributed by atoms with Crippen LogP contribution in [-0.2, 0) is 4.79 Å². The number of benzene rings is 3. The molecule has 174 valence electrons. The van der Waals surface area contributed by atoms with Crippen LogP contribution >= 0.6 is 11.6 Å². The van der Waals surface area contributed by atoms with Gasteiger partial charge in [-0.25, -0.2) is 9.18 Å². The second-order valence-corrected chi connectivity index (χ2v) is 8.63. The molecule has 0 atom stereocenters. The van der Waals surface area contributed by atoms with Crippen LogP contribution in [0.25, 0.3) is 0 Å². The number of hydrogen-bond donors (Lipinski definition) is 2. The maximum absolute atomic E-state index is 14.1. The van der Waals surface area contributed by atoms with Crippen LogP contribution in [0.5, 0.6) is 5.75 Å². The van der Waals surface area contributed by atoms with Gasteiger partial charge >= 0.3 is 5.97 Å². The van der Waals surface area contributed by atoms with Crippen molar-refractivity contribution < 1.29 is 28.6 Å². The molecule has 1 aliphatic rings. The standard InChI is InChI=1S/C26H21ClFNO5/c1-14-8-16(26(32)33)4-6-22(14)29-24(30)13-34-23-7-5-19(27)12-21(23)25(31)18-9-17(15-2-3-15)10-20(28)11-18/h4-12,15H,2-3,13H2,1H3,(H,29,30)(H,32,33). The Morgan fingerprint density at radius 1 is 1.06 bits per heavy atom. The summed E-state index contributed by atoms with van der Waals surface area (Å²) in [5, 5.41) is 12.0. The lowest BCUT2D eigenvalue weighted by molar-refractivity contribution is -0.118. The molecule has 3 aromatic carbocycles. The Morgan fingerprint density at radius 2 is 1.82 bits per heavy atom. The number of anilines is 1. The molecule has 34 heavy (non-hydrogen) atoms. The zero-order chi connectivity index (χ0) is 24.4. The third kappa shape index (κ3) is 5.43. The fraction of sp³-hybridized carbons (Fsp3) is 0.192. The van der Waals surface area contributed by atoms with E-state index in [0.717, 1.165) is 18.4 Å². The summed E-state index contributed by atoms with van der Waals surface area (Å²) in [5.41, 5.74) is 2.23. The fourth-order valence-electron chi connectivity index (χ4n) is 3.62. The molecule has 0 radical (unpaired) electrons. The van der Waals surface area contributed by atoms with Gasteiger partial charge in [0.1, 0.15) is 11.6 Å². The van der Waals surface area contributed by atoms with Gasteiger partial charge in [0, 0.05) is 16.3 Å². The van der Waals surface area contributed by atoms with Gasteiger partial charge in [-0.3, -0.25) is 9.59 Å². The molecular formula is C26H21ClFNO5. The summed E-state index contributed by atoms with van der Waals surface area (Å²) in [6.45, 7) is 1.27. The Hall–Kier alpha value is -3.71. The molecular weight excluding hydrogens is 461 g/mol. The van der Waals surface area contributed by atoms with E-state index in [-0.39, 0.29) is 28.4 Å². The molecule has 0 heterocycles. The molecule has 3 aromatic rings. The molecule has 0 unspecified atom stereocenters. The van der Waals surface area contributed by atoms with Gasteiger partial charge in [-0.05, 0) is 91.4 Å². The maximum Gasteiger partial charge on any atom is 0.335 e. The van der Waals surface area contributed by atoms with E-state index >= 15 is 0 Å². The van der Waals surface area contributed by atoms with Crippen molar-refractivity contribution >= 4 is 34.9 Å². The monoisotopic (exact) mass is 481 g/mol. The normalized spacial score (nSPS) is 12.8. The van der Waals surface area contributed by atoms with E-state index in [1.54, 1.807) is 13.0 Å². The van der Waals surface area contributed by atoms with Crippen LogP contribution in [0, 0.1) is 12.7 Å². The molecule has 0 aromatic heterocycles. The lowest BCUT2D eigenvalue weighted by Crippen LogP contribution is -2.21. The molecule has 1 fully saturated rings. The lowest BCUT2D eigenvalue weighted by atomic mass is 9.99. The number of carboxylic acid groups (broad SMARTS) is 1. The van der Waals surface area contributed by atoms with Gasteiger partial charge in [-0.15, -0.1) is 0 Å². The van der Waals surface area contributed by atoms with Crippen LogP contribution in [-0.4, -0.2) is 29.4 Å². The van der Waals surface area contributed by atoms with E-state index in [0.29, 0.717) is 16.3 Å². The van der Waals surface area contributed by atoms with Crippen LogP contribution in [0.3, 0.4) is 0 Å². The summed E-state index contributed by atoms with van der Waals surface area (Å²) in [7, 11) is 0. The number of aromatic carboxylic acids is 1. The number of amides is 1. The van der Waals surface area contributed by atoms with Crippen LogP contribution in [0.2, 0.25) is 5.02 Å². The Kier molecular flexibility index (Phi) is 6.65. The Labute approximate surface area is 200 Å². The van der Waals surface area contributed by atoms with Gasteiger partial charge in [0.25, 0.3) is 5.91 Å². The van der Waals surface area contributed by atoms with Crippen molar-refractivity contribution in [1.29, 1.82) is 0 Å². The summed E-state index contributed by atoms with van der Waals surface area (Å²) in [6, 6.07) is 13.1. The second-order valence-electron chi connectivity index (χ2n) is 8.19. The van der Waals surface area contributed by atoms with Gasteiger partial charge in [-0.2, -0.15) is 0 Å². The first-order valence-corrected chi connectivity index (χ1v) is 11.0. The van der Waals surface area contributed by atoms with Crippen LogP contribution in [0.15, 0.2) is 54.6 Å². The minimum atomic E-state index is -1.06. The number of nitrogens with one attached hydrogen (secondary N) is 1. The van der Waals surface area contributed by atoms with E-state index in [1.165, 1.54) is 48.5 Å². The summed E-state index contributed by atoms with van der Waals surface area (Å²) in [4.78, 5) is 36.7. The second kappa shape index (κ2) is 9.65. The number of hydrogen-bond acceptors (Lipinski definition) is 4. The van der Waals surface area contributed by atoms with E-state index in [4.69, 9.17) is 21.4 Å². The van der Waals surface area contributed by atoms with Crippen molar-refractivity contribution in [2.75, 3.05) is 11.9 Å². The fourth-order valence-corrected chi connectivity index (χ4v) is 3.80. The SMILES string of the molecule is Cc1cc(C(=O)O)ccc1NC(=O)COc1ccc(Cl)cc1C(=O)c1cc(F)cc(C2CC2)c1. The van der Waals surface area contributed by atoms with Crippen molar-refractivity contribution in [3.63, 3.8) is 0 Å². The van der Waals surface area contributed by atoms with Crippen molar-refractivity contribution in [3.8, 4) is 5.75 Å². The molecule has 0 aliphatic heterocycles. The highest BCUT2D eigenvalue weighted by molar-refractivity contribution is 6.31. The largest absolute Gasteiger partial charge is 0.483 e. The van der Waals surface area contributed by atoms with Gasteiger partial charge in [0.2, 0.25) is 0 Å². The summed E-state index contributed by atoms with van der Waals surface area (Å²) >= 11 is 6.09. The molecule has 4 rings (SSSR count). The van der Waals surface area contributed by atoms with Gasteiger partial charge < -0.3 is 15.2 Å². The minimum Gasteiger partial charge on any atom is -0.483 e. The number of rotatable bonds is 8.